The summed E-state index contributed by atoms with van der Waals surface area (Å²) >= 11 is 0. The predicted octanol–water partition coefficient (Wildman–Crippen LogP) is 8.84. The Morgan fingerprint density at radius 2 is 1.19 bits per heavy atom. The molecule has 0 radical (unpaired) electrons. The van der Waals surface area contributed by atoms with Crippen LogP contribution in [0, 0.1) is 6.92 Å². The number of hydrogen-bond donors (Lipinski definition) is 0. The van der Waals surface area contributed by atoms with Crippen LogP contribution in [0.25, 0.3) is 22.8 Å². The van der Waals surface area contributed by atoms with E-state index in [4.69, 9.17) is 0 Å². The highest BCUT2D eigenvalue weighted by atomic mass is 14.5. The lowest BCUT2D eigenvalue weighted by Crippen LogP contribution is -2.28. The summed E-state index contributed by atoms with van der Waals surface area (Å²) in [6.45, 7) is 2.19. The second-order valence-corrected chi connectivity index (χ2v) is 10.1. The fourth-order valence-corrected chi connectivity index (χ4v) is 6.58. The number of benzene rings is 5. The first-order valence-corrected chi connectivity index (χ1v) is 12.9. The molecule has 0 aliphatic heterocycles. The summed E-state index contributed by atoms with van der Waals surface area (Å²) in [4.78, 5) is 0. The molecule has 0 saturated heterocycles. The van der Waals surface area contributed by atoms with Crippen molar-refractivity contribution in [1.82, 2.24) is 0 Å². The van der Waals surface area contributed by atoms with Gasteiger partial charge in [-0.05, 0) is 75.4 Å². The van der Waals surface area contributed by atoms with Crippen LogP contribution < -0.4 is 0 Å². The molecule has 0 heterocycles. The summed E-state index contributed by atoms with van der Waals surface area (Å²) in [5.41, 5.74) is 14.8. The van der Waals surface area contributed by atoms with Crippen LogP contribution in [0.4, 0.5) is 0 Å². The number of hydrogen-bond acceptors (Lipinski definition) is 0. The van der Waals surface area contributed by atoms with Gasteiger partial charge in [0.2, 0.25) is 0 Å². The maximum atomic E-state index is 2.44. The van der Waals surface area contributed by atoms with Crippen LogP contribution in [0.15, 0.2) is 121 Å². The molecular formula is C36H28. The van der Waals surface area contributed by atoms with Crippen LogP contribution in [0.1, 0.15) is 50.9 Å². The molecule has 5 aromatic carbocycles. The molecule has 0 amide bonds. The van der Waals surface area contributed by atoms with E-state index in [0.717, 1.165) is 12.8 Å². The third-order valence-electron chi connectivity index (χ3n) is 8.12. The molecule has 0 spiro atoms. The summed E-state index contributed by atoms with van der Waals surface area (Å²) in [5, 5.41) is 0. The van der Waals surface area contributed by atoms with Gasteiger partial charge < -0.3 is 0 Å². The van der Waals surface area contributed by atoms with E-state index in [2.05, 4.69) is 134 Å². The first-order valence-electron chi connectivity index (χ1n) is 12.9. The minimum absolute atomic E-state index is 0.339. The van der Waals surface area contributed by atoms with Crippen LogP contribution in [-0.4, -0.2) is 0 Å². The Morgan fingerprint density at radius 1 is 0.556 bits per heavy atom. The second kappa shape index (κ2) is 8.21. The van der Waals surface area contributed by atoms with Gasteiger partial charge >= 0.3 is 0 Å². The van der Waals surface area contributed by atoms with E-state index >= 15 is 0 Å². The first kappa shape index (κ1) is 21.1. The molecule has 0 fully saturated rings. The van der Waals surface area contributed by atoms with Crippen LogP contribution >= 0.6 is 0 Å². The van der Waals surface area contributed by atoms with Gasteiger partial charge in [0.15, 0.2) is 0 Å². The maximum absolute atomic E-state index is 2.44. The summed E-state index contributed by atoms with van der Waals surface area (Å²) in [6.07, 6.45) is 4.60. The Morgan fingerprint density at radius 3 is 1.94 bits per heavy atom. The molecule has 7 rings (SSSR count). The van der Waals surface area contributed by atoms with Crippen LogP contribution in [0.5, 0.6) is 0 Å². The van der Waals surface area contributed by atoms with E-state index in [1.54, 1.807) is 0 Å². The minimum Gasteiger partial charge on any atom is -0.0622 e. The predicted molar refractivity (Wildman–Crippen MR) is 151 cm³/mol. The molecule has 0 bridgehead atoms. The Kier molecular flexibility index (Phi) is 4.82. The van der Waals surface area contributed by atoms with Gasteiger partial charge in [-0.25, -0.2) is 0 Å². The third kappa shape index (κ3) is 3.01. The lowest BCUT2D eigenvalue weighted by atomic mass is 9.67. The third-order valence-corrected chi connectivity index (χ3v) is 8.12. The second-order valence-electron chi connectivity index (χ2n) is 10.1. The van der Waals surface area contributed by atoms with Gasteiger partial charge in [-0.2, -0.15) is 0 Å². The van der Waals surface area contributed by atoms with Gasteiger partial charge in [-0.3, -0.25) is 0 Å². The van der Waals surface area contributed by atoms with Crippen molar-refractivity contribution in [2.75, 3.05) is 0 Å². The fourth-order valence-electron chi connectivity index (χ4n) is 6.58. The molecular weight excluding hydrogens is 432 g/mol. The highest BCUT2D eigenvalue weighted by Crippen LogP contribution is 2.57. The van der Waals surface area contributed by atoms with Crippen molar-refractivity contribution in [3.63, 3.8) is 0 Å². The zero-order valence-electron chi connectivity index (χ0n) is 20.5. The van der Waals surface area contributed by atoms with Crippen LogP contribution in [-0.2, 0) is 11.8 Å². The monoisotopic (exact) mass is 460 g/mol. The summed E-state index contributed by atoms with van der Waals surface area (Å²) in [6, 6.07) is 45.0. The summed E-state index contributed by atoms with van der Waals surface area (Å²) < 4.78 is 0. The molecule has 2 aliphatic rings. The fraction of sp³-hybridized carbons (Fsp3) is 0.111. The molecule has 0 atom stereocenters. The van der Waals surface area contributed by atoms with E-state index in [-0.39, 0.29) is 5.41 Å². The average Bonchev–Trinajstić information content (AvgIpc) is 3.25. The molecule has 0 N–H and O–H groups in total. The number of rotatable bonds is 3. The SMILES string of the molecule is Cc1ccc2c(c1)C=C(c1cccc3c1-c1ccccc1C3(c1ccccc1)c1ccccc1)CC2. The van der Waals surface area contributed by atoms with E-state index in [0.29, 0.717) is 0 Å². The highest BCUT2D eigenvalue weighted by Gasteiger charge is 2.46. The Labute approximate surface area is 213 Å². The zero-order valence-corrected chi connectivity index (χ0v) is 20.5. The maximum Gasteiger partial charge on any atom is 0.0713 e. The van der Waals surface area contributed by atoms with E-state index < -0.39 is 0 Å². The lowest BCUT2D eigenvalue weighted by molar-refractivity contribution is 0.768. The standard InChI is InChI=1S/C36H28/c1-25-19-20-26-21-22-27(24-28(26)23-25)31-16-10-18-34-35(31)32-15-8-9-17-33(32)36(34,29-11-4-2-5-12-29)30-13-6-3-7-14-30/h2-20,23-24H,21-22H2,1H3. The van der Waals surface area contributed by atoms with Gasteiger partial charge in [0.25, 0.3) is 0 Å². The Balaban J connectivity index is 1.56. The number of aryl methyl sites for hydroxylation is 2. The molecule has 172 valence electrons. The molecule has 0 unspecified atom stereocenters. The van der Waals surface area contributed by atoms with Crippen molar-refractivity contribution in [2.45, 2.75) is 25.2 Å². The molecule has 5 aromatic rings. The van der Waals surface area contributed by atoms with Crippen molar-refractivity contribution < 1.29 is 0 Å². The van der Waals surface area contributed by atoms with Gasteiger partial charge in [-0.15, -0.1) is 0 Å². The van der Waals surface area contributed by atoms with Crippen molar-refractivity contribution in [3.8, 4) is 11.1 Å². The van der Waals surface area contributed by atoms with Crippen LogP contribution in [0.2, 0.25) is 0 Å². The average molecular weight is 461 g/mol. The summed E-state index contributed by atoms with van der Waals surface area (Å²) in [5.74, 6) is 0. The van der Waals surface area contributed by atoms with Crippen LogP contribution in [0.3, 0.4) is 0 Å². The molecule has 36 heavy (non-hydrogen) atoms. The normalized spacial score (nSPS) is 15.0. The topological polar surface area (TPSA) is 0 Å². The molecule has 0 saturated carbocycles. The van der Waals surface area contributed by atoms with Gasteiger partial charge in [0, 0.05) is 0 Å². The largest absolute Gasteiger partial charge is 0.0713 e. The van der Waals surface area contributed by atoms with Gasteiger partial charge in [-0.1, -0.05) is 133 Å². The van der Waals surface area contributed by atoms with E-state index in [1.807, 2.05) is 0 Å². The molecule has 0 heteroatoms. The molecule has 0 nitrogen and oxygen atoms in total. The van der Waals surface area contributed by atoms with Crippen molar-refractivity contribution >= 4 is 11.6 Å². The van der Waals surface area contributed by atoms with Gasteiger partial charge in [0.05, 0.1) is 5.41 Å². The van der Waals surface area contributed by atoms with E-state index in [9.17, 15) is 0 Å². The number of allylic oxidation sites excluding steroid dienone is 1. The lowest BCUT2D eigenvalue weighted by Gasteiger charge is -2.34. The minimum atomic E-state index is -0.339. The summed E-state index contributed by atoms with van der Waals surface area (Å²) in [7, 11) is 0. The highest BCUT2D eigenvalue weighted by molar-refractivity contribution is 5.97. The molecule has 2 aliphatic carbocycles. The van der Waals surface area contributed by atoms with E-state index in [1.165, 1.54) is 61.2 Å². The van der Waals surface area contributed by atoms with Crippen molar-refractivity contribution in [3.05, 3.63) is 166 Å². The van der Waals surface area contributed by atoms with Crippen molar-refractivity contribution in [2.24, 2.45) is 0 Å². The quantitative estimate of drug-likeness (QED) is 0.247. The smallest absolute Gasteiger partial charge is 0.0622 e. The molecule has 0 aromatic heterocycles. The van der Waals surface area contributed by atoms with Gasteiger partial charge in [0.1, 0.15) is 0 Å². The first-order chi connectivity index (χ1) is 17.8. The number of fused-ring (bicyclic) bond motifs is 4. The Hall–Kier alpha value is -4.16. The van der Waals surface area contributed by atoms with Crippen molar-refractivity contribution in [1.29, 1.82) is 0 Å². The zero-order chi connectivity index (χ0) is 24.1. The Bertz CT molecular complexity index is 1580.